The Bertz CT molecular complexity index is 853. The van der Waals surface area contributed by atoms with E-state index in [2.05, 4.69) is 0 Å². The lowest BCUT2D eigenvalue weighted by Crippen LogP contribution is -2.15. The quantitative estimate of drug-likeness (QED) is 0.680. The summed E-state index contributed by atoms with van der Waals surface area (Å²) in [6, 6.07) is 8.57. The average molecular weight is 342 g/mol. The first-order valence-corrected chi connectivity index (χ1v) is 7.59. The van der Waals surface area contributed by atoms with Gasteiger partial charge < -0.3 is 24.1 Å². The highest BCUT2D eigenvalue weighted by Crippen LogP contribution is 2.39. The second-order valence-corrected chi connectivity index (χ2v) is 5.40. The Morgan fingerprint density at radius 1 is 1.04 bits per heavy atom. The molecular weight excluding hydrogens is 324 g/mol. The number of cyclic esters (lactones) is 1. The Morgan fingerprint density at radius 2 is 1.72 bits per heavy atom. The molecule has 0 amide bonds. The Kier molecular flexibility index (Phi) is 4.52. The molecule has 0 atom stereocenters. The van der Waals surface area contributed by atoms with Gasteiger partial charge in [-0.3, -0.25) is 0 Å². The lowest BCUT2D eigenvalue weighted by Gasteiger charge is -2.21. The van der Waals surface area contributed by atoms with Crippen LogP contribution in [-0.4, -0.2) is 32.4 Å². The predicted molar refractivity (Wildman–Crippen MR) is 91.9 cm³/mol. The summed E-state index contributed by atoms with van der Waals surface area (Å²) in [4.78, 5) is 12.3. The summed E-state index contributed by atoms with van der Waals surface area (Å²) in [5.41, 5.74) is 2.25. The number of esters is 1. The minimum Gasteiger partial charge on any atom is -0.504 e. The van der Waals surface area contributed by atoms with Crippen molar-refractivity contribution in [2.24, 2.45) is 0 Å². The number of carbonyl (C=O) groups excluding carboxylic acids is 1. The lowest BCUT2D eigenvalue weighted by molar-refractivity contribution is -0.138. The molecule has 0 aromatic heterocycles. The van der Waals surface area contributed by atoms with E-state index in [0.29, 0.717) is 33.9 Å². The number of phenols is 1. The molecule has 0 unspecified atom stereocenters. The van der Waals surface area contributed by atoms with Crippen molar-refractivity contribution in [1.82, 2.24) is 0 Å². The Morgan fingerprint density at radius 3 is 2.40 bits per heavy atom. The molecule has 2 aromatic carbocycles. The lowest BCUT2D eigenvalue weighted by atomic mass is 9.95. The molecule has 0 saturated carbocycles. The van der Waals surface area contributed by atoms with E-state index >= 15 is 0 Å². The van der Waals surface area contributed by atoms with E-state index in [4.69, 9.17) is 18.9 Å². The molecule has 2 aromatic rings. The first-order valence-electron chi connectivity index (χ1n) is 7.59. The van der Waals surface area contributed by atoms with Crippen molar-refractivity contribution in [3.63, 3.8) is 0 Å². The predicted octanol–water partition coefficient (Wildman–Crippen LogP) is 3.02. The molecule has 130 valence electrons. The largest absolute Gasteiger partial charge is 0.504 e. The third-order valence-corrected chi connectivity index (χ3v) is 4.03. The number of aromatic hydroxyl groups is 1. The Labute approximate surface area is 145 Å². The molecule has 0 saturated heterocycles. The first kappa shape index (κ1) is 16.7. The summed E-state index contributed by atoms with van der Waals surface area (Å²) in [7, 11) is 4.54. The number of carbonyl (C=O) groups is 1. The molecule has 1 aliphatic heterocycles. The standard InChI is InChI=1S/C19H18O6/c1-22-15-6-4-5-11(18(15)20)7-14-13-9-17(24-3)16(23-2)8-12(13)10-25-19(14)21/h4-9,20H,10H2,1-3H3. The Balaban J connectivity index is 2.17. The number of benzene rings is 2. The molecule has 0 fully saturated rings. The second-order valence-electron chi connectivity index (χ2n) is 5.40. The highest BCUT2D eigenvalue weighted by atomic mass is 16.5. The van der Waals surface area contributed by atoms with Gasteiger partial charge in [0.2, 0.25) is 0 Å². The minimum absolute atomic E-state index is 0.0436. The number of para-hydroxylation sites is 1. The molecule has 25 heavy (non-hydrogen) atoms. The van der Waals surface area contributed by atoms with E-state index < -0.39 is 5.97 Å². The van der Waals surface area contributed by atoms with Crippen LogP contribution in [0, 0.1) is 0 Å². The summed E-state index contributed by atoms with van der Waals surface area (Å²) >= 11 is 0. The van der Waals surface area contributed by atoms with Crippen LogP contribution in [0.2, 0.25) is 0 Å². The van der Waals surface area contributed by atoms with Crippen LogP contribution in [0.25, 0.3) is 11.6 Å². The highest BCUT2D eigenvalue weighted by Gasteiger charge is 2.26. The van der Waals surface area contributed by atoms with Crippen molar-refractivity contribution in [3.8, 4) is 23.0 Å². The zero-order chi connectivity index (χ0) is 18.0. The fourth-order valence-electron chi connectivity index (χ4n) is 2.73. The molecule has 1 aliphatic rings. The third-order valence-electron chi connectivity index (χ3n) is 4.03. The Hall–Kier alpha value is -3.15. The average Bonchev–Trinajstić information content (AvgIpc) is 2.64. The van der Waals surface area contributed by atoms with Crippen molar-refractivity contribution >= 4 is 17.6 Å². The number of rotatable bonds is 4. The molecular formula is C19H18O6. The van der Waals surface area contributed by atoms with Gasteiger partial charge in [-0.2, -0.15) is 0 Å². The topological polar surface area (TPSA) is 74.2 Å². The van der Waals surface area contributed by atoms with E-state index in [0.717, 1.165) is 5.56 Å². The maximum Gasteiger partial charge on any atom is 0.339 e. The van der Waals surface area contributed by atoms with Gasteiger partial charge in [0, 0.05) is 11.1 Å². The normalized spacial score (nSPS) is 14.7. The van der Waals surface area contributed by atoms with Gasteiger partial charge in [-0.25, -0.2) is 4.79 Å². The van der Waals surface area contributed by atoms with Gasteiger partial charge in [0.05, 0.1) is 26.9 Å². The number of phenolic OH excluding ortho intramolecular Hbond substituents is 1. The summed E-state index contributed by atoms with van der Waals surface area (Å²) in [5.74, 6) is 0.880. The summed E-state index contributed by atoms with van der Waals surface area (Å²) < 4.78 is 21.0. The summed E-state index contributed by atoms with van der Waals surface area (Å²) in [6.07, 6.45) is 1.57. The van der Waals surface area contributed by atoms with Gasteiger partial charge in [0.1, 0.15) is 6.61 Å². The van der Waals surface area contributed by atoms with Gasteiger partial charge in [-0.15, -0.1) is 0 Å². The zero-order valence-electron chi connectivity index (χ0n) is 14.2. The van der Waals surface area contributed by atoms with Crippen LogP contribution in [0.4, 0.5) is 0 Å². The van der Waals surface area contributed by atoms with E-state index in [1.807, 2.05) is 0 Å². The van der Waals surface area contributed by atoms with Crippen molar-refractivity contribution in [2.45, 2.75) is 6.61 Å². The molecule has 6 heteroatoms. The van der Waals surface area contributed by atoms with Gasteiger partial charge >= 0.3 is 5.97 Å². The number of fused-ring (bicyclic) bond motifs is 1. The van der Waals surface area contributed by atoms with Gasteiger partial charge in [0.15, 0.2) is 23.0 Å². The molecule has 3 rings (SSSR count). The van der Waals surface area contributed by atoms with Gasteiger partial charge in [0.25, 0.3) is 0 Å². The summed E-state index contributed by atoms with van der Waals surface area (Å²) in [5, 5.41) is 10.3. The number of methoxy groups -OCH3 is 3. The van der Waals surface area contributed by atoms with Crippen LogP contribution in [0.1, 0.15) is 16.7 Å². The molecule has 0 spiro atoms. The van der Waals surface area contributed by atoms with Crippen LogP contribution in [0.15, 0.2) is 30.3 Å². The SMILES string of the molecule is COc1cc2c(cc1OC)C(=Cc1cccc(OC)c1O)C(=O)OC2. The minimum atomic E-state index is -0.470. The van der Waals surface area contributed by atoms with E-state index in [9.17, 15) is 9.90 Å². The molecule has 0 aliphatic carbocycles. The fraction of sp³-hybridized carbons (Fsp3) is 0.211. The first-order chi connectivity index (χ1) is 12.1. The van der Waals surface area contributed by atoms with E-state index in [-0.39, 0.29) is 12.4 Å². The van der Waals surface area contributed by atoms with Crippen LogP contribution < -0.4 is 14.2 Å². The number of hydrogen-bond donors (Lipinski definition) is 1. The second kappa shape index (κ2) is 6.76. The highest BCUT2D eigenvalue weighted by molar-refractivity contribution is 6.23. The fourth-order valence-corrected chi connectivity index (χ4v) is 2.73. The molecule has 0 bridgehead atoms. The molecule has 1 N–H and O–H groups in total. The molecule has 1 heterocycles. The third kappa shape index (κ3) is 2.98. The smallest absolute Gasteiger partial charge is 0.339 e. The number of ether oxygens (including phenoxy) is 4. The molecule has 0 radical (unpaired) electrons. The van der Waals surface area contributed by atoms with E-state index in [1.54, 1.807) is 43.5 Å². The van der Waals surface area contributed by atoms with Crippen LogP contribution >= 0.6 is 0 Å². The van der Waals surface area contributed by atoms with E-state index in [1.165, 1.54) is 14.2 Å². The number of hydrogen-bond acceptors (Lipinski definition) is 6. The molecule has 6 nitrogen and oxygen atoms in total. The van der Waals surface area contributed by atoms with Crippen molar-refractivity contribution in [3.05, 3.63) is 47.0 Å². The van der Waals surface area contributed by atoms with Crippen molar-refractivity contribution < 1.29 is 28.8 Å². The van der Waals surface area contributed by atoms with Crippen LogP contribution in [-0.2, 0) is 16.1 Å². The monoisotopic (exact) mass is 342 g/mol. The van der Waals surface area contributed by atoms with Crippen LogP contribution in [0.5, 0.6) is 23.0 Å². The van der Waals surface area contributed by atoms with Gasteiger partial charge in [-0.05, 0) is 29.8 Å². The summed E-state index contributed by atoms with van der Waals surface area (Å²) in [6.45, 7) is 0.149. The van der Waals surface area contributed by atoms with Crippen molar-refractivity contribution in [2.75, 3.05) is 21.3 Å². The maximum atomic E-state index is 12.3. The maximum absolute atomic E-state index is 12.3. The zero-order valence-corrected chi connectivity index (χ0v) is 14.2. The van der Waals surface area contributed by atoms with Crippen molar-refractivity contribution in [1.29, 1.82) is 0 Å². The van der Waals surface area contributed by atoms with Crippen LogP contribution in [0.3, 0.4) is 0 Å². The van der Waals surface area contributed by atoms with Gasteiger partial charge in [-0.1, -0.05) is 12.1 Å².